The van der Waals surface area contributed by atoms with E-state index in [-0.39, 0.29) is 42.7 Å². The van der Waals surface area contributed by atoms with Crippen molar-refractivity contribution in [3.05, 3.63) is 66.0 Å². The lowest BCUT2D eigenvalue weighted by atomic mass is 9.95. The number of hydrogen-bond acceptors (Lipinski definition) is 4. The second kappa shape index (κ2) is 11.4. The lowest BCUT2D eigenvalue weighted by molar-refractivity contribution is -0.129. The molecular formula is C19H25Cl2N3OS. The summed E-state index contributed by atoms with van der Waals surface area (Å²) in [6.45, 7) is 1.39. The van der Waals surface area contributed by atoms with Gasteiger partial charge in [-0.15, -0.1) is 24.8 Å². The van der Waals surface area contributed by atoms with Crippen LogP contribution in [0.25, 0.3) is 0 Å². The van der Waals surface area contributed by atoms with Crippen LogP contribution in [0.15, 0.2) is 54.7 Å². The van der Waals surface area contributed by atoms with Gasteiger partial charge in [-0.2, -0.15) is 11.8 Å². The highest BCUT2D eigenvalue weighted by Gasteiger charge is 2.33. The van der Waals surface area contributed by atoms with E-state index < -0.39 is 0 Å². The molecule has 0 spiro atoms. The predicted molar refractivity (Wildman–Crippen MR) is 113 cm³/mol. The molecule has 1 aromatic carbocycles. The zero-order valence-electron chi connectivity index (χ0n) is 14.5. The molecule has 1 aliphatic rings. The van der Waals surface area contributed by atoms with E-state index in [4.69, 9.17) is 5.73 Å². The number of likely N-dealkylation sites (tertiary alicyclic amines) is 1. The van der Waals surface area contributed by atoms with Crippen LogP contribution in [0.5, 0.6) is 0 Å². The van der Waals surface area contributed by atoms with Crippen LogP contribution < -0.4 is 5.73 Å². The van der Waals surface area contributed by atoms with E-state index in [2.05, 4.69) is 17.1 Å². The van der Waals surface area contributed by atoms with Crippen LogP contribution in [0, 0.1) is 0 Å². The third-order valence-electron chi connectivity index (χ3n) is 4.38. The van der Waals surface area contributed by atoms with Gasteiger partial charge in [0.2, 0.25) is 5.91 Å². The van der Waals surface area contributed by atoms with Crippen LogP contribution in [0.3, 0.4) is 0 Å². The van der Waals surface area contributed by atoms with Gasteiger partial charge < -0.3 is 10.6 Å². The highest BCUT2D eigenvalue weighted by atomic mass is 35.5. The molecule has 2 aromatic rings. The average Bonchev–Trinajstić information content (AvgIpc) is 3.02. The summed E-state index contributed by atoms with van der Waals surface area (Å²) in [6, 6.07) is 16.2. The van der Waals surface area contributed by atoms with Gasteiger partial charge in [-0.1, -0.05) is 36.4 Å². The molecule has 2 atom stereocenters. The molecular weight excluding hydrogens is 389 g/mol. The van der Waals surface area contributed by atoms with Gasteiger partial charge in [0, 0.05) is 49.2 Å². The van der Waals surface area contributed by atoms with Crippen LogP contribution in [-0.2, 0) is 10.5 Å². The summed E-state index contributed by atoms with van der Waals surface area (Å²) in [5.74, 6) is 2.12. The fourth-order valence-electron chi connectivity index (χ4n) is 3.06. The molecule has 1 amide bonds. The summed E-state index contributed by atoms with van der Waals surface area (Å²) in [4.78, 5) is 18.6. The first-order valence-electron chi connectivity index (χ1n) is 8.30. The van der Waals surface area contributed by atoms with E-state index in [1.54, 1.807) is 18.0 Å². The van der Waals surface area contributed by atoms with Gasteiger partial charge in [-0.3, -0.25) is 9.78 Å². The molecule has 2 N–H and O–H groups in total. The molecule has 142 valence electrons. The monoisotopic (exact) mass is 413 g/mol. The molecule has 0 saturated carbocycles. The van der Waals surface area contributed by atoms with Crippen LogP contribution in [0.4, 0.5) is 0 Å². The number of rotatable bonds is 6. The standard InChI is InChI=1S/C19H23N3OS.2ClH/c20-18-13-22(12-17(18)15-6-2-1-3-7-15)19(23)9-11-24-14-16-8-4-5-10-21-16;;/h1-8,10,17-18H,9,11-14,20H2;2*1H/t17-,18+;;/m0../s1. The van der Waals surface area contributed by atoms with Crippen molar-refractivity contribution in [3.8, 4) is 0 Å². The lowest BCUT2D eigenvalue weighted by Gasteiger charge is -2.16. The number of benzene rings is 1. The highest BCUT2D eigenvalue weighted by Crippen LogP contribution is 2.27. The maximum absolute atomic E-state index is 12.4. The maximum atomic E-state index is 12.4. The number of carbonyl (C=O) groups is 1. The molecule has 4 nitrogen and oxygen atoms in total. The van der Waals surface area contributed by atoms with Crippen molar-refractivity contribution in [2.24, 2.45) is 5.73 Å². The Kier molecular flexibility index (Phi) is 10.0. The van der Waals surface area contributed by atoms with Crippen LogP contribution >= 0.6 is 36.6 Å². The van der Waals surface area contributed by atoms with Gasteiger partial charge in [0.05, 0.1) is 5.69 Å². The van der Waals surface area contributed by atoms with Crippen molar-refractivity contribution >= 4 is 42.5 Å². The van der Waals surface area contributed by atoms with Gasteiger partial charge in [0.15, 0.2) is 0 Å². The molecule has 26 heavy (non-hydrogen) atoms. The van der Waals surface area contributed by atoms with Crippen molar-refractivity contribution in [2.75, 3.05) is 18.8 Å². The Balaban J connectivity index is 0.00000169. The van der Waals surface area contributed by atoms with Crippen molar-refractivity contribution < 1.29 is 4.79 Å². The molecule has 1 saturated heterocycles. The second-order valence-corrected chi connectivity index (χ2v) is 7.21. The highest BCUT2D eigenvalue weighted by molar-refractivity contribution is 7.98. The normalized spacial score (nSPS) is 18.7. The van der Waals surface area contributed by atoms with Gasteiger partial charge in [-0.25, -0.2) is 0 Å². The van der Waals surface area contributed by atoms with Gasteiger partial charge in [0.1, 0.15) is 0 Å². The third kappa shape index (κ3) is 6.16. The first-order chi connectivity index (χ1) is 11.7. The molecule has 1 aliphatic heterocycles. The number of aromatic nitrogens is 1. The van der Waals surface area contributed by atoms with E-state index >= 15 is 0 Å². The number of amides is 1. The Labute approximate surface area is 171 Å². The van der Waals surface area contributed by atoms with Gasteiger partial charge in [0.25, 0.3) is 0 Å². The molecule has 1 fully saturated rings. The Morgan fingerprint density at radius 3 is 2.54 bits per heavy atom. The number of carbonyl (C=O) groups excluding carboxylic acids is 1. The lowest BCUT2D eigenvalue weighted by Crippen LogP contribution is -2.32. The molecule has 0 radical (unpaired) electrons. The van der Waals surface area contributed by atoms with E-state index in [0.717, 1.165) is 23.7 Å². The zero-order valence-corrected chi connectivity index (χ0v) is 16.9. The SMILES string of the molecule is Cl.Cl.N[C@@H]1CN(C(=O)CCSCc2ccccn2)C[C@H]1c1ccccc1. The third-order valence-corrected chi connectivity index (χ3v) is 5.37. The van der Waals surface area contributed by atoms with Crippen LogP contribution in [0.1, 0.15) is 23.6 Å². The van der Waals surface area contributed by atoms with Crippen molar-refractivity contribution in [2.45, 2.75) is 24.1 Å². The van der Waals surface area contributed by atoms with E-state index in [0.29, 0.717) is 13.0 Å². The molecule has 3 rings (SSSR count). The zero-order chi connectivity index (χ0) is 16.8. The van der Waals surface area contributed by atoms with Gasteiger partial charge in [-0.05, 0) is 17.7 Å². The van der Waals surface area contributed by atoms with E-state index in [1.807, 2.05) is 41.3 Å². The molecule has 0 unspecified atom stereocenters. The minimum Gasteiger partial charge on any atom is -0.340 e. The summed E-state index contributed by atoms with van der Waals surface area (Å²) < 4.78 is 0. The van der Waals surface area contributed by atoms with Crippen LogP contribution in [-0.4, -0.2) is 40.7 Å². The summed E-state index contributed by atoms with van der Waals surface area (Å²) >= 11 is 1.75. The number of halogens is 2. The number of hydrogen-bond donors (Lipinski definition) is 1. The van der Waals surface area contributed by atoms with Crippen LogP contribution in [0.2, 0.25) is 0 Å². The van der Waals surface area contributed by atoms with E-state index in [9.17, 15) is 4.79 Å². The molecule has 7 heteroatoms. The number of thioether (sulfide) groups is 1. The number of nitrogens with zero attached hydrogens (tertiary/aromatic N) is 2. The molecule has 2 heterocycles. The Hall–Kier alpha value is -1.27. The summed E-state index contributed by atoms with van der Waals surface area (Å²) in [6.07, 6.45) is 2.36. The molecule has 0 aliphatic carbocycles. The molecule has 0 bridgehead atoms. The fraction of sp³-hybridized carbons (Fsp3) is 0.368. The Morgan fingerprint density at radius 2 is 1.85 bits per heavy atom. The number of nitrogens with two attached hydrogens (primary N) is 1. The summed E-state index contributed by atoms with van der Waals surface area (Å²) in [5.41, 5.74) is 8.55. The van der Waals surface area contributed by atoms with Crippen molar-refractivity contribution in [3.63, 3.8) is 0 Å². The first kappa shape index (κ1) is 22.8. The largest absolute Gasteiger partial charge is 0.340 e. The predicted octanol–water partition coefficient (Wildman–Crippen LogP) is 3.50. The quantitative estimate of drug-likeness (QED) is 0.735. The average molecular weight is 414 g/mol. The minimum absolute atomic E-state index is 0. The fourth-order valence-corrected chi connectivity index (χ4v) is 3.91. The molecule has 1 aromatic heterocycles. The van der Waals surface area contributed by atoms with Gasteiger partial charge >= 0.3 is 0 Å². The maximum Gasteiger partial charge on any atom is 0.223 e. The number of pyridine rings is 1. The van der Waals surface area contributed by atoms with E-state index in [1.165, 1.54) is 5.56 Å². The topological polar surface area (TPSA) is 59.2 Å². The second-order valence-electron chi connectivity index (χ2n) is 6.10. The first-order valence-corrected chi connectivity index (χ1v) is 9.45. The Bertz CT molecular complexity index is 660. The Morgan fingerprint density at radius 1 is 1.12 bits per heavy atom. The van der Waals surface area contributed by atoms with Crippen molar-refractivity contribution in [1.29, 1.82) is 0 Å². The summed E-state index contributed by atoms with van der Waals surface area (Å²) in [5, 5.41) is 0. The smallest absolute Gasteiger partial charge is 0.223 e. The van der Waals surface area contributed by atoms with Crippen molar-refractivity contribution in [1.82, 2.24) is 9.88 Å². The summed E-state index contributed by atoms with van der Waals surface area (Å²) in [7, 11) is 0. The minimum atomic E-state index is 0.